The first-order valence-electron chi connectivity index (χ1n) is 7.03. The molecule has 1 saturated heterocycles. The monoisotopic (exact) mass is 291 g/mol. The molecule has 1 fully saturated rings. The van der Waals surface area contributed by atoms with E-state index in [1.165, 1.54) is 4.88 Å². The molecule has 0 aromatic carbocycles. The zero-order chi connectivity index (χ0) is 14.3. The lowest BCUT2D eigenvalue weighted by Gasteiger charge is -2.29. The Morgan fingerprint density at radius 2 is 2.15 bits per heavy atom. The number of anilines is 2. The molecule has 5 nitrogen and oxygen atoms in total. The lowest BCUT2D eigenvalue weighted by Crippen LogP contribution is -2.38. The third kappa shape index (κ3) is 2.45. The fraction of sp³-hybridized carbons (Fsp3) is 0.571. The number of aryl methyl sites for hydroxylation is 1. The van der Waals surface area contributed by atoms with Crippen LogP contribution in [0.15, 0.2) is 6.07 Å². The van der Waals surface area contributed by atoms with Crippen LogP contribution in [0.2, 0.25) is 0 Å². The summed E-state index contributed by atoms with van der Waals surface area (Å²) in [6, 6.07) is 2.61. The van der Waals surface area contributed by atoms with E-state index >= 15 is 0 Å². The predicted molar refractivity (Wildman–Crippen MR) is 85.5 cm³/mol. The Balaban J connectivity index is 2.08. The van der Waals surface area contributed by atoms with Crippen LogP contribution in [0.4, 0.5) is 11.8 Å². The number of hydrogen-bond donors (Lipinski definition) is 1. The molecule has 1 atom stereocenters. The van der Waals surface area contributed by atoms with E-state index in [9.17, 15) is 0 Å². The van der Waals surface area contributed by atoms with E-state index in [1.807, 2.05) is 0 Å². The van der Waals surface area contributed by atoms with Gasteiger partial charge < -0.3 is 15.5 Å². The number of hydrogen-bond acceptors (Lipinski definition) is 6. The first kappa shape index (κ1) is 13.6. The smallest absolute Gasteiger partial charge is 0.223 e. The zero-order valence-electron chi connectivity index (χ0n) is 12.3. The zero-order valence-corrected chi connectivity index (χ0v) is 13.1. The molecule has 2 aromatic rings. The normalized spacial score (nSPS) is 21.4. The summed E-state index contributed by atoms with van der Waals surface area (Å²) in [5.41, 5.74) is 5.90. The molecule has 0 amide bonds. The van der Waals surface area contributed by atoms with E-state index < -0.39 is 0 Å². The highest BCUT2D eigenvalue weighted by atomic mass is 32.1. The van der Waals surface area contributed by atoms with Crippen molar-refractivity contribution in [2.24, 2.45) is 0 Å². The van der Waals surface area contributed by atoms with Gasteiger partial charge in [0, 0.05) is 24.0 Å². The summed E-state index contributed by atoms with van der Waals surface area (Å²) in [6.07, 6.45) is 1.15. The molecule has 1 aliphatic rings. The summed E-state index contributed by atoms with van der Waals surface area (Å²) < 4.78 is 0. The molecule has 0 radical (unpaired) electrons. The van der Waals surface area contributed by atoms with E-state index in [2.05, 4.69) is 46.7 Å². The summed E-state index contributed by atoms with van der Waals surface area (Å²) >= 11 is 1.68. The van der Waals surface area contributed by atoms with Crippen LogP contribution in [-0.2, 0) is 0 Å². The summed E-state index contributed by atoms with van der Waals surface area (Å²) in [5.74, 6) is 1.37. The molecule has 108 valence electrons. The van der Waals surface area contributed by atoms with E-state index in [0.717, 1.165) is 42.1 Å². The second kappa shape index (κ2) is 5.18. The maximum atomic E-state index is 5.90. The quantitative estimate of drug-likeness (QED) is 0.872. The molecule has 1 unspecified atom stereocenters. The van der Waals surface area contributed by atoms with E-state index in [4.69, 9.17) is 5.73 Å². The van der Waals surface area contributed by atoms with Gasteiger partial charge in [-0.05, 0) is 39.9 Å². The van der Waals surface area contributed by atoms with Crippen molar-refractivity contribution in [2.45, 2.75) is 26.3 Å². The molecule has 20 heavy (non-hydrogen) atoms. The number of nitrogens with two attached hydrogens (primary N) is 1. The molecule has 3 heterocycles. The molecule has 6 heteroatoms. The molecule has 0 spiro atoms. The Morgan fingerprint density at radius 3 is 2.95 bits per heavy atom. The lowest BCUT2D eigenvalue weighted by molar-refractivity contribution is 0.337. The minimum atomic E-state index is 0.374. The van der Waals surface area contributed by atoms with Gasteiger partial charge in [0.2, 0.25) is 5.95 Å². The fourth-order valence-corrected chi connectivity index (χ4v) is 3.83. The molecular weight excluding hydrogens is 270 g/mol. The average Bonchev–Trinajstić information content (AvgIpc) is 2.64. The van der Waals surface area contributed by atoms with Crippen LogP contribution in [0.25, 0.3) is 10.2 Å². The van der Waals surface area contributed by atoms with Crippen LogP contribution in [0.1, 0.15) is 18.2 Å². The summed E-state index contributed by atoms with van der Waals surface area (Å²) in [5, 5.41) is 1.14. The lowest BCUT2D eigenvalue weighted by atomic mass is 10.2. The molecule has 0 bridgehead atoms. The second-order valence-electron chi connectivity index (χ2n) is 5.64. The van der Waals surface area contributed by atoms with Crippen molar-refractivity contribution in [1.82, 2.24) is 14.9 Å². The molecular formula is C14H21N5S. The fourth-order valence-electron chi connectivity index (χ4n) is 2.95. The molecule has 0 saturated carbocycles. The highest BCUT2D eigenvalue weighted by Gasteiger charge is 2.23. The first-order chi connectivity index (χ1) is 9.54. The highest BCUT2D eigenvalue weighted by molar-refractivity contribution is 7.18. The van der Waals surface area contributed by atoms with Gasteiger partial charge in [0.1, 0.15) is 10.6 Å². The van der Waals surface area contributed by atoms with Gasteiger partial charge in [0.25, 0.3) is 0 Å². The van der Waals surface area contributed by atoms with Gasteiger partial charge in [0.15, 0.2) is 0 Å². The van der Waals surface area contributed by atoms with Gasteiger partial charge in [-0.2, -0.15) is 4.98 Å². The Labute approximate surface area is 123 Å². The van der Waals surface area contributed by atoms with E-state index in [-0.39, 0.29) is 0 Å². The summed E-state index contributed by atoms with van der Waals surface area (Å²) in [7, 11) is 2.18. The van der Waals surface area contributed by atoms with Crippen molar-refractivity contribution < 1.29 is 0 Å². The topological polar surface area (TPSA) is 58.3 Å². The van der Waals surface area contributed by atoms with Crippen LogP contribution in [-0.4, -0.2) is 47.6 Å². The van der Waals surface area contributed by atoms with Crippen molar-refractivity contribution in [3.63, 3.8) is 0 Å². The summed E-state index contributed by atoms with van der Waals surface area (Å²) in [6.45, 7) is 7.56. The van der Waals surface area contributed by atoms with Gasteiger partial charge in [-0.25, -0.2) is 4.98 Å². The van der Waals surface area contributed by atoms with Gasteiger partial charge in [0.05, 0.1) is 5.39 Å². The Bertz CT molecular complexity index is 623. The van der Waals surface area contributed by atoms with E-state index in [1.54, 1.807) is 11.3 Å². The van der Waals surface area contributed by atoms with Gasteiger partial charge in [-0.1, -0.05) is 0 Å². The molecule has 1 aliphatic heterocycles. The average molecular weight is 291 g/mol. The van der Waals surface area contributed by atoms with Crippen molar-refractivity contribution in [1.29, 1.82) is 0 Å². The number of fused-ring (bicyclic) bond motifs is 1. The maximum absolute atomic E-state index is 5.90. The van der Waals surface area contributed by atoms with Crippen LogP contribution >= 0.6 is 11.3 Å². The van der Waals surface area contributed by atoms with E-state index in [0.29, 0.717) is 12.0 Å². The van der Waals surface area contributed by atoms with Crippen molar-refractivity contribution in [2.75, 3.05) is 37.3 Å². The maximum Gasteiger partial charge on any atom is 0.223 e. The predicted octanol–water partition coefficient (Wildman–Crippen LogP) is 2.11. The van der Waals surface area contributed by atoms with Crippen LogP contribution < -0.4 is 10.6 Å². The van der Waals surface area contributed by atoms with Crippen LogP contribution in [0.3, 0.4) is 0 Å². The largest absolute Gasteiger partial charge is 0.368 e. The van der Waals surface area contributed by atoms with Gasteiger partial charge in [-0.15, -0.1) is 11.3 Å². The van der Waals surface area contributed by atoms with Crippen molar-refractivity contribution in [3.8, 4) is 0 Å². The van der Waals surface area contributed by atoms with Gasteiger partial charge in [-0.3, -0.25) is 0 Å². The molecule has 3 rings (SSSR count). The Kier molecular flexibility index (Phi) is 3.52. The number of nitrogens with zero attached hydrogens (tertiary/aromatic N) is 4. The van der Waals surface area contributed by atoms with Crippen molar-refractivity contribution >= 4 is 33.3 Å². The molecule has 2 aromatic heterocycles. The second-order valence-corrected chi connectivity index (χ2v) is 6.87. The number of thiophene rings is 1. The summed E-state index contributed by atoms with van der Waals surface area (Å²) in [4.78, 5) is 15.9. The minimum Gasteiger partial charge on any atom is -0.368 e. The third-order valence-corrected chi connectivity index (χ3v) is 4.78. The van der Waals surface area contributed by atoms with Crippen LogP contribution in [0, 0.1) is 6.92 Å². The number of aromatic nitrogens is 2. The Morgan fingerprint density at radius 1 is 1.35 bits per heavy atom. The highest BCUT2D eigenvalue weighted by Crippen LogP contribution is 2.32. The van der Waals surface area contributed by atoms with Gasteiger partial charge >= 0.3 is 0 Å². The molecule has 2 N–H and O–H groups in total. The number of nitrogen functional groups attached to an aromatic ring is 1. The first-order valence-corrected chi connectivity index (χ1v) is 7.85. The van der Waals surface area contributed by atoms with Crippen molar-refractivity contribution in [3.05, 3.63) is 10.9 Å². The molecule has 0 aliphatic carbocycles. The number of rotatable bonds is 1. The SMILES string of the molecule is Cc1cc2c(N3CCCN(C)CC3C)nc(N)nc2s1. The third-order valence-electron chi connectivity index (χ3n) is 3.83. The standard InChI is InChI=1S/C14H21N5S/c1-9-8-18(3)5-4-6-19(9)12-11-7-10(2)20-13(11)17-14(15)16-12/h7,9H,4-6,8H2,1-3H3,(H2,15,16,17). The Hall–Kier alpha value is -1.40. The minimum absolute atomic E-state index is 0.374. The van der Waals surface area contributed by atoms with Crippen LogP contribution in [0.5, 0.6) is 0 Å². The number of likely N-dealkylation sites (N-methyl/N-ethyl adjacent to an activating group) is 1.